The molecule has 4 nitrogen and oxygen atoms in total. The summed E-state index contributed by atoms with van der Waals surface area (Å²) in [5.74, 6) is 0.625. The van der Waals surface area contributed by atoms with Gasteiger partial charge < -0.3 is 15.2 Å². The summed E-state index contributed by atoms with van der Waals surface area (Å²) in [5, 5.41) is 0. The van der Waals surface area contributed by atoms with Crippen LogP contribution in [-0.2, 0) is 9.47 Å². The van der Waals surface area contributed by atoms with Gasteiger partial charge in [0.25, 0.3) is 0 Å². The second kappa shape index (κ2) is 6.69. The highest BCUT2D eigenvalue weighted by molar-refractivity contribution is 4.86. The second-order valence-electron chi connectivity index (χ2n) is 5.14. The fraction of sp³-hybridized carbons (Fsp3) is 1.00. The van der Waals surface area contributed by atoms with Crippen molar-refractivity contribution in [2.75, 3.05) is 39.5 Å². The van der Waals surface area contributed by atoms with E-state index in [2.05, 4.69) is 11.8 Å². The summed E-state index contributed by atoms with van der Waals surface area (Å²) in [4.78, 5) is 2.53. The van der Waals surface area contributed by atoms with Crippen molar-refractivity contribution in [3.63, 3.8) is 0 Å². The van der Waals surface area contributed by atoms with E-state index in [4.69, 9.17) is 15.2 Å². The largest absolute Gasteiger partial charge is 0.381 e. The standard InChI is InChI=1S/C13H26N2O2/c1-2-17-12-4-3-6-15(9-12)13(8-14)11-5-7-16-10-11/h11-13H,2-10,14H2,1H3. The van der Waals surface area contributed by atoms with E-state index in [-0.39, 0.29) is 0 Å². The normalized spacial score (nSPS) is 32.8. The smallest absolute Gasteiger partial charge is 0.0702 e. The van der Waals surface area contributed by atoms with E-state index in [0.717, 1.165) is 39.3 Å². The van der Waals surface area contributed by atoms with Crippen molar-refractivity contribution in [1.29, 1.82) is 0 Å². The highest BCUT2D eigenvalue weighted by atomic mass is 16.5. The Bertz CT molecular complexity index is 217. The van der Waals surface area contributed by atoms with Gasteiger partial charge in [0, 0.05) is 38.3 Å². The van der Waals surface area contributed by atoms with Crippen LogP contribution in [0.2, 0.25) is 0 Å². The zero-order valence-electron chi connectivity index (χ0n) is 10.9. The first-order valence-corrected chi connectivity index (χ1v) is 6.98. The molecule has 2 saturated heterocycles. The Labute approximate surface area is 104 Å². The van der Waals surface area contributed by atoms with Crippen LogP contribution in [0.4, 0.5) is 0 Å². The Kier molecular flexibility index (Phi) is 5.22. The number of hydrogen-bond acceptors (Lipinski definition) is 4. The molecule has 0 spiro atoms. The summed E-state index contributed by atoms with van der Waals surface area (Å²) >= 11 is 0. The molecule has 0 amide bonds. The van der Waals surface area contributed by atoms with E-state index in [9.17, 15) is 0 Å². The Morgan fingerprint density at radius 1 is 1.47 bits per heavy atom. The zero-order valence-corrected chi connectivity index (χ0v) is 10.9. The lowest BCUT2D eigenvalue weighted by Gasteiger charge is -2.39. The van der Waals surface area contributed by atoms with E-state index in [1.807, 2.05) is 0 Å². The number of hydrogen-bond donors (Lipinski definition) is 1. The van der Waals surface area contributed by atoms with Crippen molar-refractivity contribution >= 4 is 0 Å². The molecule has 0 aromatic rings. The Morgan fingerprint density at radius 3 is 3.00 bits per heavy atom. The monoisotopic (exact) mass is 242 g/mol. The lowest BCUT2D eigenvalue weighted by Crippen LogP contribution is -2.51. The molecule has 2 rings (SSSR count). The minimum atomic E-state index is 0.408. The Morgan fingerprint density at radius 2 is 2.35 bits per heavy atom. The van der Waals surface area contributed by atoms with Gasteiger partial charge >= 0.3 is 0 Å². The average molecular weight is 242 g/mol. The molecule has 0 aromatic carbocycles. The Balaban J connectivity index is 1.89. The topological polar surface area (TPSA) is 47.7 Å². The molecule has 2 fully saturated rings. The molecule has 2 heterocycles. The fourth-order valence-corrected chi connectivity index (χ4v) is 3.14. The lowest BCUT2D eigenvalue weighted by atomic mass is 9.95. The van der Waals surface area contributed by atoms with E-state index in [0.29, 0.717) is 18.1 Å². The number of rotatable bonds is 5. The van der Waals surface area contributed by atoms with Crippen LogP contribution in [0, 0.1) is 5.92 Å². The van der Waals surface area contributed by atoms with E-state index < -0.39 is 0 Å². The van der Waals surface area contributed by atoms with Gasteiger partial charge in [-0.3, -0.25) is 4.90 Å². The number of ether oxygens (including phenoxy) is 2. The van der Waals surface area contributed by atoms with Crippen molar-refractivity contribution < 1.29 is 9.47 Å². The number of nitrogens with zero attached hydrogens (tertiary/aromatic N) is 1. The van der Waals surface area contributed by atoms with E-state index in [1.165, 1.54) is 19.4 Å². The first-order chi connectivity index (χ1) is 8.35. The first kappa shape index (κ1) is 13.3. The summed E-state index contributed by atoms with van der Waals surface area (Å²) in [5.41, 5.74) is 5.96. The van der Waals surface area contributed by atoms with Crippen molar-refractivity contribution in [2.24, 2.45) is 11.7 Å². The average Bonchev–Trinajstić information content (AvgIpc) is 2.85. The summed E-state index contributed by atoms with van der Waals surface area (Å²) in [6.45, 7) is 7.64. The number of likely N-dealkylation sites (tertiary alicyclic amines) is 1. The van der Waals surface area contributed by atoms with E-state index in [1.54, 1.807) is 0 Å². The van der Waals surface area contributed by atoms with Gasteiger partial charge in [0.05, 0.1) is 12.7 Å². The van der Waals surface area contributed by atoms with Crippen LogP contribution in [0.15, 0.2) is 0 Å². The molecule has 2 aliphatic heterocycles. The van der Waals surface area contributed by atoms with Crippen LogP contribution in [-0.4, -0.2) is 56.5 Å². The highest BCUT2D eigenvalue weighted by Crippen LogP contribution is 2.24. The van der Waals surface area contributed by atoms with Gasteiger partial charge in [-0.25, -0.2) is 0 Å². The highest BCUT2D eigenvalue weighted by Gasteiger charge is 2.32. The van der Waals surface area contributed by atoms with Gasteiger partial charge in [0.1, 0.15) is 0 Å². The molecule has 4 heteroatoms. The van der Waals surface area contributed by atoms with Crippen LogP contribution in [0.3, 0.4) is 0 Å². The molecule has 2 aliphatic rings. The number of piperidine rings is 1. The third-order valence-corrected chi connectivity index (χ3v) is 4.03. The molecule has 100 valence electrons. The fourth-order valence-electron chi connectivity index (χ4n) is 3.14. The van der Waals surface area contributed by atoms with Gasteiger partial charge in [-0.1, -0.05) is 0 Å². The SMILES string of the molecule is CCOC1CCCN(C(CN)C2CCOC2)C1. The predicted molar refractivity (Wildman–Crippen MR) is 68.0 cm³/mol. The van der Waals surface area contributed by atoms with Crippen molar-refractivity contribution in [2.45, 2.75) is 38.3 Å². The molecule has 0 saturated carbocycles. The van der Waals surface area contributed by atoms with Gasteiger partial charge in [-0.05, 0) is 32.7 Å². The lowest BCUT2D eigenvalue weighted by molar-refractivity contribution is -0.0155. The van der Waals surface area contributed by atoms with Crippen LogP contribution in [0.5, 0.6) is 0 Å². The van der Waals surface area contributed by atoms with Crippen molar-refractivity contribution in [3.8, 4) is 0 Å². The van der Waals surface area contributed by atoms with Gasteiger partial charge in [0.2, 0.25) is 0 Å². The Hall–Kier alpha value is -0.160. The minimum absolute atomic E-state index is 0.408. The molecule has 0 aliphatic carbocycles. The maximum absolute atomic E-state index is 5.96. The van der Waals surface area contributed by atoms with Crippen LogP contribution in [0.25, 0.3) is 0 Å². The van der Waals surface area contributed by atoms with Gasteiger partial charge in [-0.15, -0.1) is 0 Å². The summed E-state index contributed by atoms with van der Waals surface area (Å²) in [6.07, 6.45) is 4.00. The third-order valence-electron chi connectivity index (χ3n) is 4.03. The molecule has 0 radical (unpaired) electrons. The first-order valence-electron chi connectivity index (χ1n) is 6.98. The van der Waals surface area contributed by atoms with Crippen LogP contribution >= 0.6 is 0 Å². The van der Waals surface area contributed by atoms with Crippen LogP contribution in [0.1, 0.15) is 26.2 Å². The van der Waals surface area contributed by atoms with Crippen molar-refractivity contribution in [1.82, 2.24) is 4.90 Å². The summed E-state index contributed by atoms with van der Waals surface area (Å²) in [6, 6.07) is 0.487. The molecular formula is C13H26N2O2. The predicted octanol–water partition coefficient (Wildman–Crippen LogP) is 0.851. The number of nitrogens with two attached hydrogens (primary N) is 1. The summed E-state index contributed by atoms with van der Waals surface area (Å²) in [7, 11) is 0. The minimum Gasteiger partial charge on any atom is -0.381 e. The van der Waals surface area contributed by atoms with Crippen molar-refractivity contribution in [3.05, 3.63) is 0 Å². The quantitative estimate of drug-likeness (QED) is 0.776. The molecule has 3 unspecified atom stereocenters. The zero-order chi connectivity index (χ0) is 12.1. The molecule has 17 heavy (non-hydrogen) atoms. The third kappa shape index (κ3) is 3.41. The van der Waals surface area contributed by atoms with Gasteiger partial charge in [0.15, 0.2) is 0 Å². The molecular weight excluding hydrogens is 216 g/mol. The van der Waals surface area contributed by atoms with E-state index >= 15 is 0 Å². The second-order valence-corrected chi connectivity index (χ2v) is 5.14. The molecule has 3 atom stereocenters. The maximum atomic E-state index is 5.96. The molecule has 2 N–H and O–H groups in total. The summed E-state index contributed by atoms with van der Waals surface area (Å²) < 4.78 is 11.2. The van der Waals surface area contributed by atoms with Crippen LogP contribution < -0.4 is 5.73 Å². The van der Waals surface area contributed by atoms with Gasteiger partial charge in [-0.2, -0.15) is 0 Å². The maximum Gasteiger partial charge on any atom is 0.0702 e. The molecule has 0 aromatic heterocycles. The molecule has 0 bridgehead atoms.